The van der Waals surface area contributed by atoms with E-state index < -0.39 is 5.91 Å². The fourth-order valence-electron chi connectivity index (χ4n) is 1.08. The molecule has 6 heteroatoms. The molecule has 2 aromatic heterocycles. The van der Waals surface area contributed by atoms with Gasteiger partial charge in [0.2, 0.25) is 5.88 Å². The summed E-state index contributed by atoms with van der Waals surface area (Å²) in [5.74, 6) is -0.195. The maximum Gasteiger partial charge on any atom is 0.251 e. The van der Waals surface area contributed by atoms with E-state index in [0.717, 1.165) is 0 Å². The van der Waals surface area contributed by atoms with Gasteiger partial charge in [0.15, 0.2) is 5.51 Å². The van der Waals surface area contributed by atoms with Crippen molar-refractivity contribution in [3.63, 3.8) is 0 Å². The zero-order chi connectivity index (χ0) is 10.1. The highest BCUT2D eigenvalue weighted by Gasteiger charge is 2.12. The highest BCUT2D eigenvalue weighted by Crippen LogP contribution is 2.22. The second-order valence-electron chi connectivity index (χ2n) is 2.54. The van der Waals surface area contributed by atoms with Crippen LogP contribution in [0.3, 0.4) is 0 Å². The number of aromatic nitrogens is 2. The van der Waals surface area contributed by atoms with Crippen molar-refractivity contribution in [2.45, 2.75) is 0 Å². The van der Waals surface area contributed by atoms with Gasteiger partial charge in [-0.15, -0.1) is 0 Å². The van der Waals surface area contributed by atoms with Gasteiger partial charge in [0.25, 0.3) is 5.91 Å². The number of hydrogen-bond acceptors (Lipinski definition) is 5. The van der Waals surface area contributed by atoms with Gasteiger partial charge < -0.3 is 10.5 Å². The maximum atomic E-state index is 11.1. The third-order valence-corrected chi connectivity index (χ3v) is 2.37. The smallest absolute Gasteiger partial charge is 0.251 e. The molecule has 0 aliphatic carbocycles. The van der Waals surface area contributed by atoms with Gasteiger partial charge >= 0.3 is 0 Å². The van der Waals surface area contributed by atoms with Gasteiger partial charge in [0.05, 0.1) is 12.7 Å². The summed E-state index contributed by atoms with van der Waals surface area (Å²) in [6, 6.07) is 1.47. The van der Waals surface area contributed by atoms with E-state index in [2.05, 4.69) is 15.5 Å². The monoisotopic (exact) mass is 208 g/mol. The van der Waals surface area contributed by atoms with Gasteiger partial charge in [-0.1, -0.05) is 11.3 Å². The second kappa shape index (κ2) is 3.22. The third-order valence-electron chi connectivity index (χ3n) is 1.71. The first-order chi connectivity index (χ1) is 6.72. The maximum absolute atomic E-state index is 11.1. The molecule has 2 heterocycles. The minimum absolute atomic E-state index is 0.310. The van der Waals surface area contributed by atoms with Crippen LogP contribution in [0, 0.1) is 5.51 Å². The van der Waals surface area contributed by atoms with Crippen molar-refractivity contribution in [2.75, 3.05) is 7.11 Å². The Labute approximate surface area is 83.5 Å². The molecule has 2 rings (SSSR count). The lowest BCUT2D eigenvalue weighted by Gasteiger charge is -2.01. The molecule has 0 aliphatic rings. The summed E-state index contributed by atoms with van der Waals surface area (Å²) in [5.41, 5.74) is 8.63. The Kier molecular flexibility index (Phi) is 2.05. The minimum Gasteiger partial charge on any atom is -0.481 e. The highest BCUT2D eigenvalue weighted by atomic mass is 32.1. The first kappa shape index (κ1) is 8.89. The number of rotatable bonds is 2. The Bertz CT molecular complexity index is 494. The van der Waals surface area contributed by atoms with E-state index in [-0.39, 0.29) is 0 Å². The Balaban J connectivity index is 2.76. The van der Waals surface area contributed by atoms with Gasteiger partial charge in [0, 0.05) is 6.07 Å². The Morgan fingerprint density at radius 2 is 2.50 bits per heavy atom. The lowest BCUT2D eigenvalue weighted by molar-refractivity contribution is 0.100. The van der Waals surface area contributed by atoms with Crippen LogP contribution in [-0.2, 0) is 0 Å². The van der Waals surface area contributed by atoms with Crippen LogP contribution in [0.2, 0.25) is 0 Å². The van der Waals surface area contributed by atoms with E-state index in [9.17, 15) is 4.79 Å². The highest BCUT2D eigenvalue weighted by molar-refractivity contribution is 7.15. The topological polar surface area (TPSA) is 78.1 Å². The second-order valence-corrected chi connectivity index (χ2v) is 3.31. The van der Waals surface area contributed by atoms with Crippen LogP contribution in [0.4, 0.5) is 0 Å². The van der Waals surface area contributed by atoms with Crippen LogP contribution in [0.5, 0.6) is 5.88 Å². The van der Waals surface area contributed by atoms with Crippen LogP contribution in [0.15, 0.2) is 6.07 Å². The Morgan fingerprint density at radius 3 is 3.14 bits per heavy atom. The number of ether oxygens (including phenoxy) is 1. The third kappa shape index (κ3) is 1.29. The molecule has 0 fully saturated rings. The number of carbonyl (C=O) groups excluding carboxylic acids is 1. The number of pyridine rings is 1. The van der Waals surface area contributed by atoms with Crippen molar-refractivity contribution in [1.29, 1.82) is 0 Å². The summed E-state index contributed by atoms with van der Waals surface area (Å²) < 4.78 is 4.93. The number of nitrogens with zero attached hydrogens (tertiary/aromatic N) is 2. The van der Waals surface area contributed by atoms with E-state index >= 15 is 0 Å². The van der Waals surface area contributed by atoms with Gasteiger partial charge in [-0.25, -0.2) is 9.97 Å². The number of nitrogens with two attached hydrogens (primary N) is 1. The predicted octanol–water partition coefficient (Wildman–Crippen LogP) is 0.599. The zero-order valence-electron chi connectivity index (χ0n) is 7.27. The molecule has 0 spiro atoms. The number of hydrogen-bond donors (Lipinski definition) is 1. The quantitative estimate of drug-likeness (QED) is 0.783. The summed E-state index contributed by atoms with van der Waals surface area (Å²) in [5, 5.41) is 0. The molecule has 0 aliphatic heterocycles. The Morgan fingerprint density at radius 1 is 1.71 bits per heavy atom. The van der Waals surface area contributed by atoms with Crippen LogP contribution < -0.4 is 10.5 Å². The normalized spacial score (nSPS) is 10.4. The largest absolute Gasteiger partial charge is 0.481 e. The van der Waals surface area contributed by atoms with E-state index in [1.54, 1.807) is 0 Å². The first-order valence-corrected chi connectivity index (χ1v) is 4.55. The van der Waals surface area contributed by atoms with E-state index in [4.69, 9.17) is 10.5 Å². The summed E-state index contributed by atoms with van der Waals surface area (Å²) in [4.78, 5) is 19.6. The van der Waals surface area contributed by atoms with Crippen LogP contribution in [0.1, 0.15) is 10.4 Å². The molecule has 1 radical (unpaired) electrons. The number of methoxy groups -OCH3 is 1. The number of carbonyl (C=O) groups is 1. The van der Waals surface area contributed by atoms with Crippen molar-refractivity contribution in [1.82, 2.24) is 9.97 Å². The molecule has 0 aromatic carbocycles. The first-order valence-electron chi connectivity index (χ1n) is 3.74. The molecule has 71 valence electrons. The summed E-state index contributed by atoms with van der Waals surface area (Å²) in [6.07, 6.45) is 0. The number of amides is 1. The summed E-state index contributed by atoms with van der Waals surface area (Å²) in [6.45, 7) is 0. The van der Waals surface area contributed by atoms with Crippen LogP contribution >= 0.6 is 11.3 Å². The fraction of sp³-hybridized carbons (Fsp3) is 0.125. The van der Waals surface area contributed by atoms with Crippen molar-refractivity contribution < 1.29 is 9.53 Å². The zero-order valence-corrected chi connectivity index (χ0v) is 8.09. The predicted molar refractivity (Wildman–Crippen MR) is 51.3 cm³/mol. The number of fused-ring (bicyclic) bond motifs is 1. The van der Waals surface area contributed by atoms with Gasteiger partial charge in [-0.3, -0.25) is 4.79 Å². The molecule has 0 unspecified atom stereocenters. The van der Waals surface area contributed by atoms with E-state index in [0.29, 0.717) is 21.8 Å². The average Bonchev–Trinajstić information content (AvgIpc) is 2.63. The summed E-state index contributed by atoms with van der Waals surface area (Å²) in [7, 11) is 1.48. The SMILES string of the molecule is COc1cc(C(N)=O)c2n[c]sc2n1. The van der Waals surface area contributed by atoms with Gasteiger partial charge in [-0.2, -0.15) is 0 Å². The molecule has 0 saturated carbocycles. The van der Waals surface area contributed by atoms with Crippen LogP contribution in [0.25, 0.3) is 10.3 Å². The molecule has 0 atom stereocenters. The standard InChI is InChI=1S/C8H6N3O2S/c1-13-5-2-4(7(9)12)6-8(11-5)14-3-10-6/h2H,1H3,(H2,9,12). The number of primary amides is 1. The van der Waals surface area contributed by atoms with Crippen molar-refractivity contribution >= 4 is 27.6 Å². The Hall–Kier alpha value is -1.69. The van der Waals surface area contributed by atoms with Crippen LogP contribution in [-0.4, -0.2) is 23.0 Å². The lowest BCUT2D eigenvalue weighted by atomic mass is 10.2. The van der Waals surface area contributed by atoms with Gasteiger partial charge in [0.1, 0.15) is 10.3 Å². The van der Waals surface area contributed by atoms with Crippen molar-refractivity contribution in [3.05, 3.63) is 17.1 Å². The molecular weight excluding hydrogens is 202 g/mol. The molecule has 0 saturated heterocycles. The van der Waals surface area contributed by atoms with Crippen molar-refractivity contribution in [3.8, 4) is 5.88 Å². The number of thiazole rings is 1. The molecule has 5 nitrogen and oxygen atoms in total. The van der Waals surface area contributed by atoms with Crippen molar-refractivity contribution in [2.24, 2.45) is 5.73 Å². The molecule has 2 aromatic rings. The lowest BCUT2D eigenvalue weighted by Crippen LogP contribution is -2.12. The molecule has 0 bridgehead atoms. The molecule has 2 N–H and O–H groups in total. The molecular formula is C8H6N3O2S. The summed E-state index contributed by atoms with van der Waals surface area (Å²) >= 11 is 1.21. The minimum atomic E-state index is -0.546. The fourth-order valence-corrected chi connectivity index (χ4v) is 1.69. The molecule has 1 amide bonds. The van der Waals surface area contributed by atoms with E-state index in [1.165, 1.54) is 24.5 Å². The molecule has 14 heavy (non-hydrogen) atoms. The van der Waals surface area contributed by atoms with Gasteiger partial charge in [-0.05, 0) is 0 Å². The average molecular weight is 208 g/mol. The van der Waals surface area contributed by atoms with E-state index in [1.807, 2.05) is 0 Å².